The second-order valence-corrected chi connectivity index (χ2v) is 3.46. The number of H-pyrrole nitrogens is 1. The number of halogens is 1. The standard InChI is InChI=1S/C9H10ClN3O/c1-2-4-13-5-3-6-7(13)11-9(10)12-8(6)14/h3,5H,2,4H2,1H3,(H,11,12,14). The fourth-order valence-corrected chi connectivity index (χ4v) is 1.64. The molecule has 4 nitrogen and oxygen atoms in total. The molecule has 1 N–H and O–H groups in total. The van der Waals surface area contributed by atoms with Crippen molar-refractivity contribution in [3.8, 4) is 0 Å². The first-order chi connectivity index (χ1) is 6.72. The van der Waals surface area contributed by atoms with Crippen molar-refractivity contribution in [2.75, 3.05) is 0 Å². The van der Waals surface area contributed by atoms with Crippen molar-refractivity contribution in [3.63, 3.8) is 0 Å². The summed E-state index contributed by atoms with van der Waals surface area (Å²) in [5.41, 5.74) is 0.468. The van der Waals surface area contributed by atoms with Crippen LogP contribution < -0.4 is 5.56 Å². The van der Waals surface area contributed by atoms with Crippen molar-refractivity contribution < 1.29 is 0 Å². The largest absolute Gasteiger partial charge is 0.332 e. The highest BCUT2D eigenvalue weighted by molar-refractivity contribution is 6.28. The lowest BCUT2D eigenvalue weighted by Crippen LogP contribution is -2.08. The van der Waals surface area contributed by atoms with Gasteiger partial charge in [0.2, 0.25) is 5.28 Å². The molecule has 74 valence electrons. The number of rotatable bonds is 2. The summed E-state index contributed by atoms with van der Waals surface area (Å²) in [6.45, 7) is 2.91. The van der Waals surface area contributed by atoms with Crippen molar-refractivity contribution in [2.45, 2.75) is 19.9 Å². The first-order valence-corrected chi connectivity index (χ1v) is 4.85. The van der Waals surface area contributed by atoms with Crippen LogP contribution in [0.1, 0.15) is 13.3 Å². The van der Waals surface area contributed by atoms with E-state index in [1.54, 1.807) is 6.07 Å². The molecule has 0 saturated carbocycles. The van der Waals surface area contributed by atoms with E-state index in [4.69, 9.17) is 11.6 Å². The molecular weight excluding hydrogens is 202 g/mol. The molecule has 0 fully saturated rings. The van der Waals surface area contributed by atoms with E-state index < -0.39 is 0 Å². The molecule has 0 saturated heterocycles. The molecule has 2 aromatic rings. The van der Waals surface area contributed by atoms with Crippen LogP contribution in [0.2, 0.25) is 5.28 Å². The van der Waals surface area contributed by atoms with Crippen molar-refractivity contribution in [2.24, 2.45) is 0 Å². The Morgan fingerprint density at radius 1 is 1.64 bits per heavy atom. The highest BCUT2D eigenvalue weighted by Crippen LogP contribution is 2.11. The smallest absolute Gasteiger partial charge is 0.261 e. The molecule has 0 radical (unpaired) electrons. The Hall–Kier alpha value is -1.29. The van der Waals surface area contributed by atoms with E-state index in [0.717, 1.165) is 13.0 Å². The van der Waals surface area contributed by atoms with Gasteiger partial charge in [-0.1, -0.05) is 6.92 Å². The van der Waals surface area contributed by atoms with Crippen molar-refractivity contribution >= 4 is 22.6 Å². The molecule has 2 heterocycles. The lowest BCUT2D eigenvalue weighted by atomic mass is 10.4. The van der Waals surface area contributed by atoms with Gasteiger partial charge >= 0.3 is 0 Å². The average Bonchev–Trinajstić information content (AvgIpc) is 2.49. The predicted molar refractivity (Wildman–Crippen MR) is 55.7 cm³/mol. The lowest BCUT2D eigenvalue weighted by Gasteiger charge is -2.00. The van der Waals surface area contributed by atoms with Crippen molar-refractivity contribution in [1.82, 2.24) is 14.5 Å². The Labute approximate surface area is 85.5 Å². The summed E-state index contributed by atoms with van der Waals surface area (Å²) in [6, 6.07) is 1.76. The minimum atomic E-state index is -0.185. The molecular formula is C9H10ClN3O. The Bertz CT molecular complexity index is 514. The van der Waals surface area contributed by atoms with Gasteiger partial charge in [0.15, 0.2) is 0 Å². The SMILES string of the molecule is CCCn1ccc2c(=O)[nH]c(Cl)nc21. The third-order valence-electron chi connectivity index (χ3n) is 2.06. The third-order valence-corrected chi connectivity index (χ3v) is 2.24. The van der Waals surface area contributed by atoms with Gasteiger partial charge in [-0.25, -0.2) is 4.98 Å². The van der Waals surface area contributed by atoms with E-state index in [1.807, 2.05) is 10.8 Å². The van der Waals surface area contributed by atoms with Gasteiger partial charge in [0.05, 0.1) is 5.39 Å². The average molecular weight is 212 g/mol. The van der Waals surface area contributed by atoms with Crippen molar-refractivity contribution in [3.05, 3.63) is 27.9 Å². The minimum absolute atomic E-state index is 0.138. The van der Waals surface area contributed by atoms with Crippen molar-refractivity contribution in [1.29, 1.82) is 0 Å². The van der Waals surface area contributed by atoms with E-state index in [2.05, 4.69) is 16.9 Å². The van der Waals surface area contributed by atoms with Crippen LogP contribution in [0.25, 0.3) is 11.0 Å². The van der Waals surface area contributed by atoms with Gasteiger partial charge < -0.3 is 4.57 Å². The normalized spacial score (nSPS) is 11.0. The zero-order valence-corrected chi connectivity index (χ0v) is 8.51. The van der Waals surface area contributed by atoms with Crippen LogP contribution in [-0.2, 0) is 6.54 Å². The molecule has 0 bridgehead atoms. The number of aromatic amines is 1. The second kappa shape index (κ2) is 3.46. The van der Waals surface area contributed by atoms with Crippen LogP contribution in [-0.4, -0.2) is 14.5 Å². The number of aromatic nitrogens is 3. The maximum atomic E-state index is 11.4. The van der Waals surface area contributed by atoms with Crippen LogP contribution in [0.3, 0.4) is 0 Å². The molecule has 0 aromatic carbocycles. The highest BCUT2D eigenvalue weighted by atomic mass is 35.5. The highest BCUT2D eigenvalue weighted by Gasteiger charge is 2.06. The molecule has 2 aromatic heterocycles. The molecule has 0 spiro atoms. The van der Waals surface area contributed by atoms with E-state index >= 15 is 0 Å². The fraction of sp³-hybridized carbons (Fsp3) is 0.333. The summed E-state index contributed by atoms with van der Waals surface area (Å²) < 4.78 is 1.93. The summed E-state index contributed by atoms with van der Waals surface area (Å²) in [7, 11) is 0. The first-order valence-electron chi connectivity index (χ1n) is 4.47. The number of aryl methyl sites for hydroxylation is 1. The zero-order valence-electron chi connectivity index (χ0n) is 7.75. The molecule has 0 aliphatic rings. The summed E-state index contributed by atoms with van der Waals surface area (Å²) in [5.74, 6) is 0. The Balaban J connectivity index is 2.72. The van der Waals surface area contributed by atoms with Gasteiger partial charge in [0.1, 0.15) is 5.65 Å². The van der Waals surface area contributed by atoms with Gasteiger partial charge in [-0.05, 0) is 24.1 Å². The van der Waals surface area contributed by atoms with Gasteiger partial charge in [0, 0.05) is 12.7 Å². The molecule has 5 heteroatoms. The Morgan fingerprint density at radius 3 is 3.14 bits per heavy atom. The number of nitrogens with one attached hydrogen (secondary N) is 1. The number of hydrogen-bond donors (Lipinski definition) is 1. The Morgan fingerprint density at radius 2 is 2.43 bits per heavy atom. The van der Waals surface area contributed by atoms with E-state index in [1.165, 1.54) is 0 Å². The lowest BCUT2D eigenvalue weighted by molar-refractivity contribution is 0.697. The van der Waals surface area contributed by atoms with Crippen LogP contribution in [0.5, 0.6) is 0 Å². The third kappa shape index (κ3) is 1.42. The topological polar surface area (TPSA) is 50.7 Å². The van der Waals surface area contributed by atoms with Crippen LogP contribution in [0.4, 0.5) is 0 Å². The molecule has 2 rings (SSSR count). The van der Waals surface area contributed by atoms with E-state index in [-0.39, 0.29) is 10.8 Å². The predicted octanol–water partition coefficient (Wildman–Crippen LogP) is 1.79. The first kappa shape index (κ1) is 9.27. The fourth-order valence-electron chi connectivity index (χ4n) is 1.47. The van der Waals surface area contributed by atoms with Crippen LogP contribution >= 0.6 is 11.6 Å². The van der Waals surface area contributed by atoms with Crippen LogP contribution in [0, 0.1) is 0 Å². The quantitative estimate of drug-likeness (QED) is 0.770. The van der Waals surface area contributed by atoms with Crippen LogP contribution in [0.15, 0.2) is 17.1 Å². The summed E-state index contributed by atoms with van der Waals surface area (Å²) in [6.07, 6.45) is 2.85. The Kier molecular flexibility index (Phi) is 2.29. The summed E-state index contributed by atoms with van der Waals surface area (Å²) >= 11 is 5.67. The summed E-state index contributed by atoms with van der Waals surface area (Å²) in [4.78, 5) is 18.0. The molecule has 0 atom stereocenters. The maximum absolute atomic E-state index is 11.4. The maximum Gasteiger partial charge on any atom is 0.261 e. The van der Waals surface area contributed by atoms with Gasteiger partial charge in [-0.3, -0.25) is 9.78 Å². The van der Waals surface area contributed by atoms with E-state index in [9.17, 15) is 4.79 Å². The molecule has 0 amide bonds. The number of hydrogen-bond acceptors (Lipinski definition) is 2. The molecule has 14 heavy (non-hydrogen) atoms. The summed E-state index contributed by atoms with van der Waals surface area (Å²) in [5, 5.41) is 0.724. The van der Waals surface area contributed by atoms with E-state index in [0.29, 0.717) is 11.0 Å². The molecule has 0 aliphatic heterocycles. The zero-order chi connectivity index (χ0) is 10.1. The minimum Gasteiger partial charge on any atom is -0.332 e. The second-order valence-electron chi connectivity index (χ2n) is 3.10. The number of nitrogens with zero attached hydrogens (tertiary/aromatic N) is 2. The van der Waals surface area contributed by atoms with Gasteiger partial charge in [-0.2, -0.15) is 0 Å². The molecule has 0 aliphatic carbocycles. The van der Waals surface area contributed by atoms with Gasteiger partial charge in [0.25, 0.3) is 5.56 Å². The van der Waals surface area contributed by atoms with Gasteiger partial charge in [-0.15, -0.1) is 0 Å². The monoisotopic (exact) mass is 211 g/mol. The molecule has 0 unspecified atom stereocenters. The number of fused-ring (bicyclic) bond motifs is 1.